The summed E-state index contributed by atoms with van der Waals surface area (Å²) in [6.45, 7) is -0.302. The van der Waals surface area contributed by atoms with Gasteiger partial charge in [-0.3, -0.25) is 9.69 Å². The van der Waals surface area contributed by atoms with Gasteiger partial charge in [0.1, 0.15) is 11.4 Å². The van der Waals surface area contributed by atoms with Crippen LogP contribution in [0.3, 0.4) is 0 Å². The predicted molar refractivity (Wildman–Crippen MR) is 111 cm³/mol. The van der Waals surface area contributed by atoms with Crippen molar-refractivity contribution in [3.63, 3.8) is 0 Å². The van der Waals surface area contributed by atoms with Crippen LogP contribution in [0.4, 0.5) is 4.79 Å². The summed E-state index contributed by atoms with van der Waals surface area (Å²) in [4.78, 5) is 36.5. The van der Waals surface area contributed by atoms with Crippen LogP contribution in [-0.4, -0.2) is 34.5 Å². The van der Waals surface area contributed by atoms with Crippen LogP contribution in [0.2, 0.25) is 5.02 Å². The summed E-state index contributed by atoms with van der Waals surface area (Å²) in [7, 11) is 0. The third-order valence-corrected chi connectivity index (χ3v) is 4.93. The van der Waals surface area contributed by atoms with Gasteiger partial charge in [-0.2, -0.15) is 0 Å². The van der Waals surface area contributed by atoms with Gasteiger partial charge in [0.25, 0.3) is 5.91 Å². The summed E-state index contributed by atoms with van der Waals surface area (Å²) < 4.78 is 5.85. The standard InChI is InChI=1S/C19H14ClIN2O5/c20-13-4-1-11(2-5-13)9-23-18(26)15(22-19(23)27)8-12-3-6-16(14(21)7-12)28-10-17(24)25/h1-8H,9-10H2,(H,22,27)(H,24,25). The fourth-order valence-corrected chi connectivity index (χ4v) is 3.34. The average Bonchev–Trinajstić information content (AvgIpc) is 2.90. The lowest BCUT2D eigenvalue weighted by atomic mass is 10.1. The fourth-order valence-electron chi connectivity index (χ4n) is 2.52. The maximum Gasteiger partial charge on any atom is 0.341 e. The van der Waals surface area contributed by atoms with Gasteiger partial charge in [-0.25, -0.2) is 9.59 Å². The maximum atomic E-state index is 12.6. The first-order valence-corrected chi connectivity index (χ1v) is 9.52. The van der Waals surface area contributed by atoms with E-state index < -0.39 is 24.5 Å². The van der Waals surface area contributed by atoms with Crippen molar-refractivity contribution in [1.29, 1.82) is 0 Å². The summed E-state index contributed by atoms with van der Waals surface area (Å²) in [5.74, 6) is -1.07. The van der Waals surface area contributed by atoms with E-state index in [0.29, 0.717) is 19.9 Å². The van der Waals surface area contributed by atoms with Crippen molar-refractivity contribution in [3.8, 4) is 5.75 Å². The molecular weight excluding hydrogens is 499 g/mol. The van der Waals surface area contributed by atoms with Crippen LogP contribution in [0.5, 0.6) is 5.75 Å². The van der Waals surface area contributed by atoms with E-state index in [9.17, 15) is 14.4 Å². The van der Waals surface area contributed by atoms with Crippen molar-refractivity contribution < 1.29 is 24.2 Å². The normalized spacial score (nSPS) is 15.1. The predicted octanol–water partition coefficient (Wildman–Crippen LogP) is 3.50. The number of amides is 3. The number of carboxylic acids is 1. The minimum Gasteiger partial charge on any atom is -0.481 e. The zero-order valence-corrected chi connectivity index (χ0v) is 17.2. The zero-order valence-electron chi connectivity index (χ0n) is 14.3. The number of ether oxygens (including phenoxy) is 1. The molecule has 0 aliphatic carbocycles. The van der Waals surface area contributed by atoms with Gasteiger partial charge in [0, 0.05) is 5.02 Å². The molecule has 2 N–H and O–H groups in total. The van der Waals surface area contributed by atoms with Gasteiger partial charge in [-0.05, 0) is 64.1 Å². The van der Waals surface area contributed by atoms with Crippen LogP contribution in [0, 0.1) is 3.57 Å². The van der Waals surface area contributed by atoms with Gasteiger partial charge < -0.3 is 15.2 Å². The average molecular weight is 513 g/mol. The molecular formula is C19H14ClIN2O5. The van der Waals surface area contributed by atoms with E-state index in [1.165, 1.54) is 0 Å². The number of carboxylic acid groups (broad SMARTS) is 1. The highest BCUT2D eigenvalue weighted by atomic mass is 127. The highest BCUT2D eigenvalue weighted by Gasteiger charge is 2.33. The summed E-state index contributed by atoms with van der Waals surface area (Å²) in [5.41, 5.74) is 1.61. The Balaban J connectivity index is 1.75. The molecule has 1 aliphatic rings. The second kappa shape index (κ2) is 8.61. The number of hydrogen-bond donors (Lipinski definition) is 2. The molecule has 144 valence electrons. The molecule has 7 nitrogen and oxygen atoms in total. The SMILES string of the molecule is O=C(O)COc1ccc(C=C2NC(=O)N(Cc3ccc(Cl)cc3)C2=O)cc1I. The largest absolute Gasteiger partial charge is 0.481 e. The van der Waals surface area contributed by atoms with E-state index in [0.717, 1.165) is 10.5 Å². The lowest BCUT2D eigenvalue weighted by Crippen LogP contribution is -2.30. The monoisotopic (exact) mass is 512 g/mol. The van der Waals surface area contributed by atoms with Crippen molar-refractivity contribution in [2.75, 3.05) is 6.61 Å². The number of carbonyl (C=O) groups excluding carboxylic acids is 2. The molecule has 0 atom stereocenters. The molecule has 3 amide bonds. The molecule has 1 heterocycles. The number of halogens is 2. The van der Waals surface area contributed by atoms with Crippen LogP contribution in [0.25, 0.3) is 6.08 Å². The minimum atomic E-state index is -1.07. The molecule has 1 fully saturated rings. The second-order valence-corrected chi connectivity index (χ2v) is 7.48. The third kappa shape index (κ3) is 4.82. The quantitative estimate of drug-likeness (QED) is 0.351. The molecule has 3 rings (SSSR count). The second-order valence-electron chi connectivity index (χ2n) is 5.88. The summed E-state index contributed by atoms with van der Waals surface area (Å²) in [6.07, 6.45) is 1.56. The number of urea groups is 1. The van der Waals surface area contributed by atoms with E-state index in [1.807, 2.05) is 22.6 Å². The lowest BCUT2D eigenvalue weighted by molar-refractivity contribution is -0.139. The van der Waals surface area contributed by atoms with E-state index in [1.54, 1.807) is 48.5 Å². The highest BCUT2D eigenvalue weighted by molar-refractivity contribution is 14.1. The number of nitrogens with zero attached hydrogens (tertiary/aromatic N) is 1. The van der Waals surface area contributed by atoms with E-state index in [4.69, 9.17) is 21.4 Å². The van der Waals surface area contributed by atoms with Gasteiger partial charge in [0.05, 0.1) is 10.1 Å². The van der Waals surface area contributed by atoms with Crippen molar-refractivity contribution in [1.82, 2.24) is 10.2 Å². The molecule has 28 heavy (non-hydrogen) atoms. The number of imide groups is 1. The minimum absolute atomic E-state index is 0.138. The highest BCUT2D eigenvalue weighted by Crippen LogP contribution is 2.24. The summed E-state index contributed by atoms with van der Waals surface area (Å²) in [6, 6.07) is 11.4. The van der Waals surface area contributed by atoms with Crippen LogP contribution in [0.1, 0.15) is 11.1 Å². The van der Waals surface area contributed by atoms with Gasteiger partial charge in [0.15, 0.2) is 6.61 Å². The molecule has 2 aromatic rings. The molecule has 2 aromatic carbocycles. The number of carbonyl (C=O) groups is 3. The van der Waals surface area contributed by atoms with Crippen LogP contribution < -0.4 is 10.1 Å². The maximum absolute atomic E-state index is 12.6. The number of hydrogen-bond acceptors (Lipinski definition) is 4. The number of nitrogens with one attached hydrogen (secondary N) is 1. The molecule has 0 aromatic heterocycles. The zero-order chi connectivity index (χ0) is 20.3. The summed E-state index contributed by atoms with van der Waals surface area (Å²) in [5, 5.41) is 11.8. The third-order valence-electron chi connectivity index (χ3n) is 3.83. The Labute approximate surface area is 179 Å². The van der Waals surface area contributed by atoms with Crippen LogP contribution >= 0.6 is 34.2 Å². The Bertz CT molecular complexity index is 975. The van der Waals surface area contributed by atoms with Crippen LogP contribution in [0.15, 0.2) is 48.2 Å². The van der Waals surface area contributed by atoms with Crippen molar-refractivity contribution in [2.24, 2.45) is 0 Å². The Hall–Kier alpha value is -2.59. The Morgan fingerprint density at radius 1 is 1.21 bits per heavy atom. The molecule has 0 unspecified atom stereocenters. The van der Waals surface area contributed by atoms with E-state index in [-0.39, 0.29) is 12.2 Å². The smallest absolute Gasteiger partial charge is 0.341 e. The Morgan fingerprint density at radius 2 is 1.93 bits per heavy atom. The number of benzene rings is 2. The van der Waals surface area contributed by atoms with E-state index >= 15 is 0 Å². The first kappa shape index (κ1) is 20.2. The van der Waals surface area contributed by atoms with Crippen molar-refractivity contribution in [3.05, 3.63) is 67.9 Å². The number of rotatable bonds is 6. The molecule has 0 saturated carbocycles. The van der Waals surface area contributed by atoms with Crippen molar-refractivity contribution in [2.45, 2.75) is 6.54 Å². The van der Waals surface area contributed by atoms with Gasteiger partial charge in [0.2, 0.25) is 0 Å². The molecule has 0 radical (unpaired) electrons. The van der Waals surface area contributed by atoms with Crippen molar-refractivity contribution >= 4 is 58.2 Å². The first-order valence-electron chi connectivity index (χ1n) is 8.06. The first-order chi connectivity index (χ1) is 13.3. The Kier molecular flexibility index (Phi) is 6.20. The molecule has 0 spiro atoms. The molecule has 0 bridgehead atoms. The molecule has 1 aliphatic heterocycles. The van der Waals surface area contributed by atoms with Crippen LogP contribution in [-0.2, 0) is 16.1 Å². The Morgan fingerprint density at radius 3 is 2.57 bits per heavy atom. The fraction of sp³-hybridized carbons (Fsp3) is 0.105. The molecule has 9 heteroatoms. The van der Waals surface area contributed by atoms with Gasteiger partial charge in [-0.15, -0.1) is 0 Å². The lowest BCUT2D eigenvalue weighted by Gasteiger charge is -2.11. The molecule has 1 saturated heterocycles. The topological polar surface area (TPSA) is 95.9 Å². The number of aliphatic carboxylic acids is 1. The van der Waals surface area contributed by atoms with Gasteiger partial charge >= 0.3 is 12.0 Å². The van der Waals surface area contributed by atoms with E-state index in [2.05, 4.69) is 5.32 Å². The summed E-state index contributed by atoms with van der Waals surface area (Å²) >= 11 is 7.86. The van der Waals surface area contributed by atoms with Gasteiger partial charge in [-0.1, -0.05) is 29.8 Å².